The number of benzene rings is 2. The fourth-order valence-corrected chi connectivity index (χ4v) is 3.74. The van der Waals surface area contributed by atoms with Crippen molar-refractivity contribution in [1.29, 1.82) is 5.26 Å². The van der Waals surface area contributed by atoms with Crippen molar-refractivity contribution in [3.63, 3.8) is 0 Å². The largest absolute Gasteiger partial charge is 0.494 e. The van der Waals surface area contributed by atoms with Crippen LogP contribution in [0.1, 0.15) is 52.4 Å². The second-order valence-electron chi connectivity index (χ2n) is 7.25. The fourth-order valence-electron chi connectivity index (χ4n) is 3.74. The highest BCUT2D eigenvalue weighted by atomic mass is 16.3. The van der Waals surface area contributed by atoms with Crippen LogP contribution < -0.4 is 0 Å². The van der Waals surface area contributed by atoms with Crippen LogP contribution in [0.4, 0.5) is 0 Å². The highest BCUT2D eigenvalue weighted by molar-refractivity contribution is 6.30. The number of carbonyl (C=O) groups excluding carboxylic acids is 1. The lowest BCUT2D eigenvalue weighted by molar-refractivity contribution is 0.101. The second kappa shape index (κ2) is 7.40. The minimum absolute atomic E-state index is 0.0518. The Bertz CT molecular complexity index is 1180. The third kappa shape index (κ3) is 3.13. The van der Waals surface area contributed by atoms with Gasteiger partial charge >= 0.3 is 0 Å². The summed E-state index contributed by atoms with van der Waals surface area (Å²) in [5.41, 5.74) is 5.13. The molecule has 0 bridgehead atoms. The summed E-state index contributed by atoms with van der Waals surface area (Å²) in [6, 6.07) is 17.0. The van der Waals surface area contributed by atoms with E-state index in [0.29, 0.717) is 40.2 Å². The molecular weight excluding hydrogens is 362 g/mol. The van der Waals surface area contributed by atoms with Crippen LogP contribution in [0.25, 0.3) is 11.3 Å². The number of fused-ring (bicyclic) bond motifs is 1. The zero-order valence-electron chi connectivity index (χ0n) is 16.4. The van der Waals surface area contributed by atoms with Gasteiger partial charge in [0.2, 0.25) is 5.88 Å². The minimum atomic E-state index is -0.363. The minimum Gasteiger partial charge on any atom is -0.494 e. The van der Waals surface area contributed by atoms with E-state index < -0.39 is 0 Å². The number of aromatic nitrogens is 1. The van der Waals surface area contributed by atoms with Gasteiger partial charge in [-0.2, -0.15) is 5.26 Å². The van der Waals surface area contributed by atoms with Crippen LogP contribution in [0.5, 0.6) is 5.88 Å². The molecular formula is C24H21N3O2. The zero-order chi connectivity index (χ0) is 20.5. The fraction of sp³-hybridized carbons (Fsp3) is 0.208. The average molecular weight is 383 g/mol. The molecule has 0 radical (unpaired) electrons. The normalized spacial score (nSPS) is 12.6. The van der Waals surface area contributed by atoms with Crippen LogP contribution in [-0.2, 0) is 6.54 Å². The van der Waals surface area contributed by atoms with Gasteiger partial charge in [-0.25, -0.2) is 4.99 Å². The molecule has 0 spiro atoms. The first kappa shape index (κ1) is 18.7. The van der Waals surface area contributed by atoms with Crippen molar-refractivity contribution in [1.82, 2.24) is 4.57 Å². The summed E-state index contributed by atoms with van der Waals surface area (Å²) >= 11 is 0. The molecule has 1 aliphatic heterocycles. The van der Waals surface area contributed by atoms with Crippen molar-refractivity contribution in [2.45, 2.75) is 33.2 Å². The van der Waals surface area contributed by atoms with Crippen molar-refractivity contribution in [2.24, 2.45) is 4.99 Å². The molecule has 3 aromatic rings. The summed E-state index contributed by atoms with van der Waals surface area (Å²) in [6.45, 7) is 4.71. The molecule has 1 aliphatic rings. The molecule has 0 unspecified atom stereocenters. The molecule has 0 aliphatic carbocycles. The molecule has 0 atom stereocenters. The predicted octanol–water partition coefficient (Wildman–Crippen LogP) is 4.83. The number of nitrogens with zero attached hydrogens (tertiary/aromatic N) is 3. The Morgan fingerprint density at radius 3 is 2.55 bits per heavy atom. The molecule has 0 saturated carbocycles. The van der Waals surface area contributed by atoms with Gasteiger partial charge in [0.25, 0.3) is 5.91 Å². The van der Waals surface area contributed by atoms with Crippen molar-refractivity contribution in [3.8, 4) is 23.2 Å². The molecule has 1 aromatic heterocycles. The van der Waals surface area contributed by atoms with Gasteiger partial charge in [-0.1, -0.05) is 55.3 Å². The lowest BCUT2D eigenvalue weighted by Gasteiger charge is -2.12. The number of nitriles is 1. The number of unbranched alkanes of at least 4 members (excludes halogenated alkanes) is 1. The maximum absolute atomic E-state index is 12.9. The van der Waals surface area contributed by atoms with E-state index in [1.807, 2.05) is 35.8 Å². The second-order valence-corrected chi connectivity index (χ2v) is 7.25. The summed E-state index contributed by atoms with van der Waals surface area (Å²) in [5.74, 6) is -0.311. The number of carbonyl (C=O) groups is 1. The van der Waals surface area contributed by atoms with Crippen molar-refractivity contribution in [3.05, 3.63) is 76.3 Å². The maximum atomic E-state index is 12.9. The van der Waals surface area contributed by atoms with Gasteiger partial charge in [-0.15, -0.1) is 0 Å². The van der Waals surface area contributed by atoms with Crippen LogP contribution in [0.15, 0.2) is 53.5 Å². The molecule has 1 N–H and O–H groups in total. The topological polar surface area (TPSA) is 78.4 Å². The van der Waals surface area contributed by atoms with Gasteiger partial charge in [0.15, 0.2) is 0 Å². The zero-order valence-corrected chi connectivity index (χ0v) is 16.4. The lowest BCUT2D eigenvalue weighted by Crippen LogP contribution is -2.04. The Morgan fingerprint density at radius 1 is 1.10 bits per heavy atom. The van der Waals surface area contributed by atoms with Crippen molar-refractivity contribution in [2.75, 3.05) is 0 Å². The first-order chi connectivity index (χ1) is 14.0. The van der Waals surface area contributed by atoms with E-state index in [4.69, 9.17) is 0 Å². The van der Waals surface area contributed by atoms with Crippen LogP contribution in [0.3, 0.4) is 0 Å². The molecule has 5 nitrogen and oxygen atoms in total. The molecule has 4 rings (SSSR count). The Morgan fingerprint density at radius 2 is 1.86 bits per heavy atom. The molecule has 1 amide bonds. The van der Waals surface area contributed by atoms with E-state index in [-0.39, 0.29) is 11.8 Å². The molecule has 2 heterocycles. The number of aryl methyl sites for hydroxylation is 1. The monoisotopic (exact) mass is 383 g/mol. The number of aromatic hydroxyl groups is 1. The van der Waals surface area contributed by atoms with E-state index in [2.05, 4.69) is 18.0 Å². The van der Waals surface area contributed by atoms with E-state index in [0.717, 1.165) is 24.0 Å². The number of rotatable bonds is 5. The Kier molecular flexibility index (Phi) is 4.77. The summed E-state index contributed by atoms with van der Waals surface area (Å²) < 4.78 is 1.82. The number of hydrogen-bond donors (Lipinski definition) is 1. The van der Waals surface area contributed by atoms with E-state index >= 15 is 0 Å². The van der Waals surface area contributed by atoms with Crippen molar-refractivity contribution < 1.29 is 9.90 Å². The number of hydrogen-bond acceptors (Lipinski definition) is 3. The van der Waals surface area contributed by atoms with Gasteiger partial charge in [-0.05, 0) is 31.0 Å². The maximum Gasteiger partial charge on any atom is 0.280 e. The molecule has 29 heavy (non-hydrogen) atoms. The van der Waals surface area contributed by atoms with Gasteiger partial charge in [0.1, 0.15) is 0 Å². The molecule has 0 fully saturated rings. The highest BCUT2D eigenvalue weighted by Crippen LogP contribution is 2.41. The van der Waals surface area contributed by atoms with E-state index in [1.165, 1.54) is 0 Å². The number of amides is 1. The quantitative estimate of drug-likeness (QED) is 0.685. The summed E-state index contributed by atoms with van der Waals surface area (Å²) in [4.78, 5) is 17.2. The summed E-state index contributed by atoms with van der Waals surface area (Å²) in [7, 11) is 0. The predicted molar refractivity (Wildman–Crippen MR) is 112 cm³/mol. The SMILES string of the molecule is CCCCn1c(O)c2c(c1-c1ccc(C)cc1)C(=O)N=C2c1cccc(C#N)c1. The Balaban J connectivity index is 1.94. The first-order valence-corrected chi connectivity index (χ1v) is 9.71. The third-order valence-corrected chi connectivity index (χ3v) is 5.23. The highest BCUT2D eigenvalue weighted by Gasteiger charge is 2.36. The van der Waals surface area contributed by atoms with Crippen LogP contribution in [0, 0.1) is 18.3 Å². The van der Waals surface area contributed by atoms with Crippen LogP contribution >= 0.6 is 0 Å². The molecule has 5 heteroatoms. The smallest absolute Gasteiger partial charge is 0.280 e. The van der Waals surface area contributed by atoms with Gasteiger partial charge in [0, 0.05) is 12.1 Å². The first-order valence-electron chi connectivity index (χ1n) is 9.71. The van der Waals surface area contributed by atoms with Crippen LogP contribution in [-0.4, -0.2) is 21.3 Å². The van der Waals surface area contributed by atoms with Crippen LogP contribution in [0.2, 0.25) is 0 Å². The average Bonchev–Trinajstić information content (AvgIpc) is 3.22. The van der Waals surface area contributed by atoms with Crippen molar-refractivity contribution >= 4 is 11.6 Å². The van der Waals surface area contributed by atoms with Gasteiger partial charge in [-0.3, -0.25) is 4.79 Å². The summed E-state index contributed by atoms with van der Waals surface area (Å²) in [6.07, 6.45) is 1.85. The van der Waals surface area contributed by atoms with E-state index in [1.54, 1.807) is 24.3 Å². The standard InChI is InChI=1S/C24H21N3O2/c1-3-4-12-27-22(17-10-8-15(2)9-11-17)20-19(24(27)29)21(26-23(20)28)18-7-5-6-16(13-18)14-25/h5-11,13,29H,3-4,12H2,1-2H3. The lowest BCUT2D eigenvalue weighted by atomic mass is 9.99. The Labute approximate surface area is 169 Å². The molecule has 0 saturated heterocycles. The third-order valence-electron chi connectivity index (χ3n) is 5.23. The Hall–Kier alpha value is -3.65. The molecule has 144 valence electrons. The summed E-state index contributed by atoms with van der Waals surface area (Å²) in [5, 5.41) is 20.3. The van der Waals surface area contributed by atoms with E-state index in [9.17, 15) is 15.2 Å². The van der Waals surface area contributed by atoms with Gasteiger partial charge in [0.05, 0.1) is 34.2 Å². The van der Waals surface area contributed by atoms with Gasteiger partial charge < -0.3 is 9.67 Å². The number of aliphatic imine (C=N–C) groups is 1. The molecule has 2 aromatic carbocycles.